The van der Waals surface area contributed by atoms with Gasteiger partial charge in [-0.05, 0) is 49.3 Å². The van der Waals surface area contributed by atoms with E-state index in [2.05, 4.69) is 16.4 Å². The fourth-order valence-corrected chi connectivity index (χ4v) is 4.21. The molecule has 2 amide bonds. The van der Waals surface area contributed by atoms with Crippen LogP contribution < -0.4 is 5.32 Å². The fourth-order valence-electron chi connectivity index (χ4n) is 4.21. The van der Waals surface area contributed by atoms with Crippen LogP contribution in [0, 0.1) is 5.92 Å². The number of amides is 2. The predicted octanol–water partition coefficient (Wildman–Crippen LogP) is 2.57. The third kappa shape index (κ3) is 4.17. The van der Waals surface area contributed by atoms with Gasteiger partial charge in [0, 0.05) is 37.5 Å². The van der Waals surface area contributed by atoms with Crippen molar-refractivity contribution < 1.29 is 14.7 Å². The Kier molecular flexibility index (Phi) is 5.57. The van der Waals surface area contributed by atoms with Gasteiger partial charge in [0.15, 0.2) is 0 Å². The molecule has 6 nitrogen and oxygen atoms in total. The number of nitrogens with one attached hydrogen (secondary N) is 1. The van der Waals surface area contributed by atoms with Crippen LogP contribution in [0.5, 0.6) is 0 Å². The minimum atomic E-state index is -0.288. The number of aromatic nitrogens is 1. The van der Waals surface area contributed by atoms with Crippen molar-refractivity contribution in [1.29, 1.82) is 0 Å². The number of para-hydroxylation sites is 1. The van der Waals surface area contributed by atoms with E-state index in [-0.39, 0.29) is 29.9 Å². The summed E-state index contributed by atoms with van der Waals surface area (Å²) in [5.41, 5.74) is 1.89. The molecular weight excluding hydrogens is 354 g/mol. The average molecular weight is 381 g/mol. The number of aliphatic hydroxyl groups excluding tert-OH is 1. The Bertz CT molecular complexity index is 863. The van der Waals surface area contributed by atoms with E-state index in [1.807, 2.05) is 30.5 Å². The number of nitrogens with zero attached hydrogens (tertiary/aromatic N) is 2. The molecule has 6 heteroatoms. The second-order valence-corrected chi connectivity index (χ2v) is 7.98. The number of carbonyl (C=O) groups is 2. The molecule has 148 valence electrons. The van der Waals surface area contributed by atoms with Crippen molar-refractivity contribution in [3.8, 4) is 0 Å². The van der Waals surface area contributed by atoms with Gasteiger partial charge in [-0.2, -0.15) is 0 Å². The van der Waals surface area contributed by atoms with Gasteiger partial charge < -0.3 is 15.3 Å². The minimum Gasteiger partial charge on any atom is -0.393 e. The third-order valence-corrected chi connectivity index (χ3v) is 5.94. The molecule has 2 aliphatic rings. The molecule has 0 radical (unpaired) electrons. The molecule has 2 aromatic rings. The van der Waals surface area contributed by atoms with Crippen molar-refractivity contribution in [3.05, 3.63) is 42.1 Å². The summed E-state index contributed by atoms with van der Waals surface area (Å²) in [6.07, 6.45) is 5.76. The number of piperidine rings is 1. The Labute approximate surface area is 164 Å². The van der Waals surface area contributed by atoms with Crippen LogP contribution in [0.3, 0.4) is 0 Å². The number of benzene rings is 1. The molecule has 28 heavy (non-hydrogen) atoms. The molecule has 1 aliphatic heterocycles. The monoisotopic (exact) mass is 381 g/mol. The maximum absolute atomic E-state index is 12.6. The molecule has 0 bridgehead atoms. The second kappa shape index (κ2) is 8.27. The molecule has 0 unspecified atom stereocenters. The number of fused-ring (bicyclic) bond motifs is 1. The number of likely N-dealkylation sites (tertiary alicyclic amines) is 1. The van der Waals surface area contributed by atoms with E-state index in [4.69, 9.17) is 0 Å². The van der Waals surface area contributed by atoms with Crippen LogP contribution in [0.4, 0.5) is 0 Å². The summed E-state index contributed by atoms with van der Waals surface area (Å²) >= 11 is 0. The summed E-state index contributed by atoms with van der Waals surface area (Å²) in [5, 5.41) is 13.9. The van der Waals surface area contributed by atoms with E-state index < -0.39 is 0 Å². The molecule has 1 saturated heterocycles. The average Bonchev–Trinajstić information content (AvgIpc) is 2.69. The van der Waals surface area contributed by atoms with E-state index in [0.717, 1.165) is 35.9 Å². The molecule has 2 heterocycles. The molecule has 0 spiro atoms. The lowest BCUT2D eigenvalue weighted by Gasteiger charge is -2.38. The molecular formula is C22H27N3O3. The SMILES string of the molecule is O=C(CCN1CCCCC1=O)N[C@H](c1cnc2ccccc2c1)C1CC(O)C1. The van der Waals surface area contributed by atoms with Crippen molar-refractivity contribution >= 4 is 22.7 Å². The van der Waals surface area contributed by atoms with Crippen LogP contribution in [0.15, 0.2) is 36.5 Å². The van der Waals surface area contributed by atoms with Crippen LogP contribution in [-0.2, 0) is 9.59 Å². The maximum atomic E-state index is 12.6. The number of aliphatic hydroxyl groups is 1. The highest BCUT2D eigenvalue weighted by molar-refractivity contribution is 5.81. The lowest BCUT2D eigenvalue weighted by atomic mass is 9.75. The highest BCUT2D eigenvalue weighted by atomic mass is 16.3. The van der Waals surface area contributed by atoms with E-state index in [9.17, 15) is 14.7 Å². The number of pyridine rings is 1. The van der Waals surface area contributed by atoms with Crippen LogP contribution in [-0.4, -0.2) is 46.0 Å². The first kappa shape index (κ1) is 18.9. The van der Waals surface area contributed by atoms with Crippen molar-refractivity contribution in [2.24, 2.45) is 5.92 Å². The summed E-state index contributed by atoms with van der Waals surface area (Å²) in [6.45, 7) is 1.22. The number of hydrogen-bond donors (Lipinski definition) is 2. The molecule has 1 atom stereocenters. The van der Waals surface area contributed by atoms with E-state index in [1.54, 1.807) is 4.90 Å². The quantitative estimate of drug-likeness (QED) is 0.806. The van der Waals surface area contributed by atoms with Gasteiger partial charge in [-0.25, -0.2) is 0 Å². The Hall–Kier alpha value is -2.47. The normalized spacial score (nSPS) is 23.3. The zero-order chi connectivity index (χ0) is 19.5. The van der Waals surface area contributed by atoms with Crippen molar-refractivity contribution in [3.63, 3.8) is 0 Å². The van der Waals surface area contributed by atoms with Crippen molar-refractivity contribution in [1.82, 2.24) is 15.2 Å². The largest absolute Gasteiger partial charge is 0.393 e. The smallest absolute Gasteiger partial charge is 0.222 e. The summed E-state index contributed by atoms with van der Waals surface area (Å²) < 4.78 is 0. The third-order valence-electron chi connectivity index (χ3n) is 5.94. The first-order chi connectivity index (χ1) is 13.6. The van der Waals surface area contributed by atoms with Gasteiger partial charge in [0.05, 0.1) is 17.7 Å². The molecule has 1 aromatic heterocycles. The van der Waals surface area contributed by atoms with Gasteiger partial charge in [0.25, 0.3) is 0 Å². The van der Waals surface area contributed by atoms with Gasteiger partial charge in [-0.3, -0.25) is 14.6 Å². The molecule has 4 rings (SSSR count). The summed E-state index contributed by atoms with van der Waals surface area (Å²) in [6, 6.07) is 9.83. The molecule has 1 aliphatic carbocycles. The highest BCUT2D eigenvalue weighted by Crippen LogP contribution is 2.38. The first-order valence-electron chi connectivity index (χ1n) is 10.2. The van der Waals surface area contributed by atoms with E-state index >= 15 is 0 Å². The second-order valence-electron chi connectivity index (χ2n) is 7.98. The van der Waals surface area contributed by atoms with Gasteiger partial charge >= 0.3 is 0 Å². The lowest BCUT2D eigenvalue weighted by Crippen LogP contribution is -2.43. The first-order valence-corrected chi connectivity index (χ1v) is 10.2. The van der Waals surface area contributed by atoms with Gasteiger partial charge in [-0.1, -0.05) is 18.2 Å². The predicted molar refractivity (Wildman–Crippen MR) is 106 cm³/mol. The summed E-state index contributed by atoms with van der Waals surface area (Å²) in [5.74, 6) is 0.299. The minimum absolute atomic E-state index is 0.0575. The van der Waals surface area contributed by atoms with Gasteiger partial charge in [-0.15, -0.1) is 0 Å². The maximum Gasteiger partial charge on any atom is 0.222 e. The Morgan fingerprint density at radius 2 is 2.11 bits per heavy atom. The molecule has 2 N–H and O–H groups in total. The lowest BCUT2D eigenvalue weighted by molar-refractivity contribution is -0.134. The van der Waals surface area contributed by atoms with E-state index in [0.29, 0.717) is 32.2 Å². The van der Waals surface area contributed by atoms with Gasteiger partial charge in [0.1, 0.15) is 0 Å². The number of rotatable bonds is 6. The summed E-state index contributed by atoms with van der Waals surface area (Å²) in [7, 11) is 0. The van der Waals surface area contributed by atoms with Crippen LogP contribution in [0.25, 0.3) is 10.9 Å². The Balaban J connectivity index is 1.45. The van der Waals surface area contributed by atoms with Gasteiger partial charge in [0.2, 0.25) is 11.8 Å². The Morgan fingerprint density at radius 3 is 2.89 bits per heavy atom. The highest BCUT2D eigenvalue weighted by Gasteiger charge is 2.36. The topological polar surface area (TPSA) is 82.5 Å². The van der Waals surface area contributed by atoms with Crippen LogP contribution in [0.1, 0.15) is 50.1 Å². The summed E-state index contributed by atoms with van der Waals surface area (Å²) in [4.78, 5) is 30.9. The Morgan fingerprint density at radius 1 is 1.29 bits per heavy atom. The van der Waals surface area contributed by atoms with Crippen LogP contribution in [0.2, 0.25) is 0 Å². The zero-order valence-electron chi connectivity index (χ0n) is 16.0. The zero-order valence-corrected chi connectivity index (χ0v) is 16.0. The standard InChI is InChI=1S/C22H27N3O3/c26-18-12-16(13-18)22(17-11-15-5-1-2-6-19(15)23-14-17)24-20(27)8-10-25-9-4-3-7-21(25)28/h1-2,5-6,11,14,16,18,22,26H,3-4,7-10,12-13H2,(H,24,27)/t16?,18?,22-/m0/s1. The molecule has 1 aromatic carbocycles. The van der Waals surface area contributed by atoms with Crippen molar-refractivity contribution in [2.45, 2.75) is 50.7 Å². The fraction of sp³-hybridized carbons (Fsp3) is 0.500. The number of carbonyl (C=O) groups excluding carboxylic acids is 2. The molecule has 1 saturated carbocycles. The van der Waals surface area contributed by atoms with Crippen LogP contribution >= 0.6 is 0 Å². The number of hydrogen-bond acceptors (Lipinski definition) is 4. The van der Waals surface area contributed by atoms with Crippen molar-refractivity contribution in [2.75, 3.05) is 13.1 Å². The van der Waals surface area contributed by atoms with E-state index in [1.165, 1.54) is 0 Å². The molecule has 2 fully saturated rings.